The van der Waals surface area contributed by atoms with Gasteiger partial charge < -0.3 is 20.1 Å². The Morgan fingerprint density at radius 3 is 2.52 bits per heavy atom. The van der Waals surface area contributed by atoms with Crippen LogP contribution < -0.4 is 20.1 Å². The third-order valence-electron chi connectivity index (χ3n) is 3.41. The summed E-state index contributed by atoms with van der Waals surface area (Å²) in [5.41, 5.74) is 2.55. The number of anilines is 1. The van der Waals surface area contributed by atoms with Crippen LogP contribution in [0.2, 0.25) is 0 Å². The molecule has 0 radical (unpaired) electrons. The Hall–Kier alpha value is -3.02. The summed E-state index contributed by atoms with van der Waals surface area (Å²) in [6, 6.07) is 12.7. The molecule has 6 nitrogen and oxygen atoms in total. The summed E-state index contributed by atoms with van der Waals surface area (Å²) < 4.78 is 10.4. The predicted molar refractivity (Wildman–Crippen MR) is 84.2 cm³/mol. The second-order valence-corrected chi connectivity index (χ2v) is 5.19. The quantitative estimate of drug-likeness (QED) is 0.850. The first-order valence-corrected chi connectivity index (χ1v) is 7.16. The third-order valence-corrected chi connectivity index (χ3v) is 3.41. The van der Waals surface area contributed by atoms with E-state index in [1.54, 1.807) is 18.2 Å². The minimum absolute atomic E-state index is 0.157. The van der Waals surface area contributed by atoms with Gasteiger partial charge in [-0.3, -0.25) is 9.59 Å². The summed E-state index contributed by atoms with van der Waals surface area (Å²) in [7, 11) is 0. The van der Waals surface area contributed by atoms with Crippen LogP contribution in [0.15, 0.2) is 42.5 Å². The van der Waals surface area contributed by atoms with Crippen LogP contribution in [0.4, 0.5) is 5.69 Å². The molecule has 2 aromatic rings. The molecule has 1 aliphatic heterocycles. The monoisotopic (exact) mass is 312 g/mol. The van der Waals surface area contributed by atoms with Crippen molar-refractivity contribution in [1.29, 1.82) is 0 Å². The number of hydrogen-bond donors (Lipinski definition) is 2. The van der Waals surface area contributed by atoms with Crippen LogP contribution in [-0.2, 0) is 16.1 Å². The van der Waals surface area contributed by atoms with Gasteiger partial charge in [0.1, 0.15) is 0 Å². The molecule has 0 bridgehead atoms. The van der Waals surface area contributed by atoms with E-state index in [0.29, 0.717) is 23.7 Å². The van der Waals surface area contributed by atoms with Crippen LogP contribution in [0.1, 0.15) is 11.1 Å². The Morgan fingerprint density at radius 1 is 1.00 bits per heavy atom. The fourth-order valence-corrected chi connectivity index (χ4v) is 2.13. The van der Waals surface area contributed by atoms with E-state index in [4.69, 9.17) is 9.47 Å². The van der Waals surface area contributed by atoms with E-state index >= 15 is 0 Å². The molecule has 0 aliphatic carbocycles. The van der Waals surface area contributed by atoms with Crippen molar-refractivity contribution in [3.63, 3.8) is 0 Å². The molecule has 23 heavy (non-hydrogen) atoms. The predicted octanol–water partition coefficient (Wildman–Crippen LogP) is 1.98. The minimum Gasteiger partial charge on any atom is -0.454 e. The Balaban J connectivity index is 1.55. The molecule has 0 saturated carbocycles. The molecule has 2 aromatic carbocycles. The Morgan fingerprint density at radius 2 is 1.74 bits per heavy atom. The molecule has 6 heteroatoms. The molecule has 2 N–H and O–H groups in total. The van der Waals surface area contributed by atoms with E-state index in [1.807, 2.05) is 31.2 Å². The van der Waals surface area contributed by atoms with Gasteiger partial charge in [-0.25, -0.2) is 0 Å². The number of ether oxygens (including phenoxy) is 2. The van der Waals surface area contributed by atoms with Crippen molar-refractivity contribution in [3.05, 3.63) is 53.6 Å². The van der Waals surface area contributed by atoms with Crippen LogP contribution in [0.5, 0.6) is 11.5 Å². The first-order valence-electron chi connectivity index (χ1n) is 7.16. The molecule has 0 aromatic heterocycles. The van der Waals surface area contributed by atoms with Crippen molar-refractivity contribution in [1.82, 2.24) is 5.32 Å². The van der Waals surface area contributed by atoms with Crippen molar-refractivity contribution in [3.8, 4) is 11.5 Å². The largest absolute Gasteiger partial charge is 0.454 e. The molecular weight excluding hydrogens is 296 g/mol. The van der Waals surface area contributed by atoms with Gasteiger partial charge in [0, 0.05) is 18.3 Å². The average Bonchev–Trinajstić information content (AvgIpc) is 3.01. The minimum atomic E-state index is -0.726. The number of carbonyl (C=O) groups excluding carboxylic acids is 2. The lowest BCUT2D eigenvalue weighted by Gasteiger charge is -2.07. The van der Waals surface area contributed by atoms with Gasteiger partial charge in [0.05, 0.1) is 0 Å². The maximum Gasteiger partial charge on any atom is 0.313 e. The van der Waals surface area contributed by atoms with Crippen LogP contribution in [0, 0.1) is 6.92 Å². The van der Waals surface area contributed by atoms with Gasteiger partial charge in [-0.15, -0.1) is 0 Å². The molecule has 1 heterocycles. The van der Waals surface area contributed by atoms with E-state index in [2.05, 4.69) is 10.6 Å². The lowest BCUT2D eigenvalue weighted by molar-refractivity contribution is -0.136. The third kappa shape index (κ3) is 3.60. The van der Waals surface area contributed by atoms with Gasteiger partial charge in [-0.2, -0.15) is 0 Å². The Labute approximate surface area is 133 Å². The summed E-state index contributed by atoms with van der Waals surface area (Å²) in [5.74, 6) is -0.256. The van der Waals surface area contributed by atoms with E-state index < -0.39 is 11.8 Å². The average molecular weight is 312 g/mol. The summed E-state index contributed by atoms with van der Waals surface area (Å²) in [4.78, 5) is 23.7. The van der Waals surface area contributed by atoms with Gasteiger partial charge in [0.2, 0.25) is 6.79 Å². The van der Waals surface area contributed by atoms with Gasteiger partial charge in [0.25, 0.3) is 0 Å². The fraction of sp³-hybridized carbons (Fsp3) is 0.176. The number of carbonyl (C=O) groups is 2. The molecule has 0 fully saturated rings. The molecule has 0 spiro atoms. The number of nitrogens with one attached hydrogen (secondary N) is 2. The first kappa shape index (κ1) is 14.9. The maximum atomic E-state index is 11.9. The highest BCUT2D eigenvalue weighted by Gasteiger charge is 2.17. The summed E-state index contributed by atoms with van der Waals surface area (Å²) >= 11 is 0. The van der Waals surface area contributed by atoms with Crippen LogP contribution >= 0.6 is 0 Å². The summed E-state index contributed by atoms with van der Waals surface area (Å²) in [5, 5.41) is 5.11. The second-order valence-electron chi connectivity index (χ2n) is 5.19. The van der Waals surface area contributed by atoms with Gasteiger partial charge in [-0.05, 0) is 24.6 Å². The maximum absolute atomic E-state index is 11.9. The van der Waals surface area contributed by atoms with E-state index in [0.717, 1.165) is 11.1 Å². The zero-order chi connectivity index (χ0) is 16.2. The number of rotatable bonds is 3. The SMILES string of the molecule is Cc1ccc(CNC(=O)C(=O)Nc2ccc3c(c2)OCO3)cc1. The number of amides is 2. The highest BCUT2D eigenvalue weighted by atomic mass is 16.7. The molecule has 118 valence electrons. The van der Waals surface area contributed by atoms with Gasteiger partial charge in [0.15, 0.2) is 11.5 Å². The van der Waals surface area contributed by atoms with E-state index in [-0.39, 0.29) is 6.79 Å². The number of aryl methyl sites for hydroxylation is 1. The van der Waals surface area contributed by atoms with E-state index in [9.17, 15) is 9.59 Å². The molecule has 3 rings (SSSR count). The van der Waals surface area contributed by atoms with Crippen LogP contribution in [0.3, 0.4) is 0 Å². The molecule has 0 saturated heterocycles. The van der Waals surface area contributed by atoms with E-state index in [1.165, 1.54) is 0 Å². The van der Waals surface area contributed by atoms with Crippen LogP contribution in [-0.4, -0.2) is 18.6 Å². The molecule has 0 atom stereocenters. The molecule has 2 amide bonds. The van der Waals surface area contributed by atoms with Crippen molar-refractivity contribution < 1.29 is 19.1 Å². The molecule has 1 aliphatic rings. The van der Waals surface area contributed by atoms with Crippen molar-refractivity contribution >= 4 is 17.5 Å². The zero-order valence-corrected chi connectivity index (χ0v) is 12.6. The second kappa shape index (κ2) is 6.39. The topological polar surface area (TPSA) is 76.7 Å². The first-order chi connectivity index (χ1) is 11.1. The summed E-state index contributed by atoms with van der Waals surface area (Å²) in [6.07, 6.45) is 0. The standard InChI is InChI=1S/C17H16N2O4/c1-11-2-4-12(5-3-11)9-18-16(20)17(21)19-13-6-7-14-15(8-13)23-10-22-14/h2-8H,9-10H2,1H3,(H,18,20)(H,19,21). The van der Waals surface area contributed by atoms with Crippen molar-refractivity contribution in [2.75, 3.05) is 12.1 Å². The normalized spacial score (nSPS) is 11.9. The molecular formula is C17H16N2O4. The lowest BCUT2D eigenvalue weighted by atomic mass is 10.1. The smallest absolute Gasteiger partial charge is 0.313 e. The van der Waals surface area contributed by atoms with Gasteiger partial charge in [-0.1, -0.05) is 29.8 Å². The van der Waals surface area contributed by atoms with Gasteiger partial charge >= 0.3 is 11.8 Å². The Bertz CT molecular complexity index is 741. The number of hydrogen-bond acceptors (Lipinski definition) is 4. The lowest BCUT2D eigenvalue weighted by Crippen LogP contribution is -2.34. The summed E-state index contributed by atoms with van der Waals surface area (Å²) in [6.45, 7) is 2.44. The number of fused-ring (bicyclic) bond motifs is 1. The highest BCUT2D eigenvalue weighted by molar-refractivity contribution is 6.39. The van der Waals surface area contributed by atoms with Crippen molar-refractivity contribution in [2.45, 2.75) is 13.5 Å². The highest BCUT2D eigenvalue weighted by Crippen LogP contribution is 2.34. The van der Waals surface area contributed by atoms with Crippen LogP contribution in [0.25, 0.3) is 0 Å². The van der Waals surface area contributed by atoms with Crippen molar-refractivity contribution in [2.24, 2.45) is 0 Å². The Kier molecular flexibility index (Phi) is 4.14. The fourth-order valence-electron chi connectivity index (χ4n) is 2.13. The zero-order valence-electron chi connectivity index (χ0n) is 12.6. The molecule has 0 unspecified atom stereocenters. The number of benzene rings is 2.